The number of ether oxygens (including phenoxy) is 1. The number of rotatable bonds is 6. The number of esters is 1. The van der Waals surface area contributed by atoms with Gasteiger partial charge in [-0.2, -0.15) is 13.2 Å². The molecular formula is C19H21F3N2O3S. The summed E-state index contributed by atoms with van der Waals surface area (Å²) in [5.74, 6) is -0.825. The first-order valence-corrected chi connectivity index (χ1v) is 9.44. The number of hydrogen-bond acceptors (Lipinski definition) is 5. The van der Waals surface area contributed by atoms with Crippen LogP contribution in [0.2, 0.25) is 0 Å². The molecule has 1 aromatic heterocycles. The van der Waals surface area contributed by atoms with Gasteiger partial charge in [0.2, 0.25) is 0 Å². The van der Waals surface area contributed by atoms with E-state index in [1.807, 2.05) is 13.8 Å². The lowest BCUT2D eigenvalue weighted by atomic mass is 10.1. The molecule has 0 saturated heterocycles. The second kappa shape index (κ2) is 8.72. The van der Waals surface area contributed by atoms with Gasteiger partial charge in [0.15, 0.2) is 6.10 Å². The Morgan fingerprint density at radius 1 is 1.18 bits per heavy atom. The molecular weight excluding hydrogens is 393 g/mol. The monoisotopic (exact) mass is 414 g/mol. The molecule has 28 heavy (non-hydrogen) atoms. The van der Waals surface area contributed by atoms with Gasteiger partial charge in [0.05, 0.1) is 11.3 Å². The van der Waals surface area contributed by atoms with Crippen molar-refractivity contribution in [2.75, 3.05) is 6.54 Å². The summed E-state index contributed by atoms with van der Waals surface area (Å²) in [6.07, 6.45) is -5.39. The Bertz CT molecular complexity index is 845. The summed E-state index contributed by atoms with van der Waals surface area (Å²) in [5, 5.41) is 3.08. The van der Waals surface area contributed by atoms with E-state index in [1.165, 1.54) is 19.1 Å². The van der Waals surface area contributed by atoms with Crippen molar-refractivity contribution in [2.45, 2.75) is 40.0 Å². The summed E-state index contributed by atoms with van der Waals surface area (Å²) in [4.78, 5) is 28.8. The number of nitrogens with zero attached hydrogens (tertiary/aromatic N) is 1. The average molecular weight is 414 g/mol. The van der Waals surface area contributed by atoms with E-state index in [0.29, 0.717) is 22.8 Å². The number of halogens is 3. The van der Waals surface area contributed by atoms with Crippen LogP contribution in [0.3, 0.4) is 0 Å². The van der Waals surface area contributed by atoms with Crippen LogP contribution in [0.15, 0.2) is 24.3 Å². The number of benzene rings is 1. The van der Waals surface area contributed by atoms with Crippen LogP contribution in [0.25, 0.3) is 10.6 Å². The molecule has 0 saturated carbocycles. The van der Waals surface area contributed by atoms with Crippen molar-refractivity contribution in [1.82, 2.24) is 10.3 Å². The molecule has 0 bridgehead atoms. The first kappa shape index (κ1) is 21.9. The number of nitrogens with one attached hydrogen (secondary N) is 1. The third-order valence-corrected chi connectivity index (χ3v) is 4.97. The first-order chi connectivity index (χ1) is 13.0. The van der Waals surface area contributed by atoms with Crippen molar-refractivity contribution in [3.63, 3.8) is 0 Å². The zero-order valence-electron chi connectivity index (χ0n) is 15.9. The smallest absolute Gasteiger partial charge is 0.416 e. The van der Waals surface area contributed by atoms with E-state index in [9.17, 15) is 22.8 Å². The summed E-state index contributed by atoms with van der Waals surface area (Å²) in [5.41, 5.74) is 0.0907. The van der Waals surface area contributed by atoms with Crippen LogP contribution >= 0.6 is 11.3 Å². The summed E-state index contributed by atoms with van der Waals surface area (Å²) in [6, 6.07) is 4.53. The topological polar surface area (TPSA) is 68.3 Å². The van der Waals surface area contributed by atoms with Crippen molar-refractivity contribution in [2.24, 2.45) is 5.92 Å². The lowest BCUT2D eigenvalue weighted by Crippen LogP contribution is -2.37. The van der Waals surface area contributed by atoms with E-state index >= 15 is 0 Å². The van der Waals surface area contributed by atoms with E-state index in [4.69, 9.17) is 4.74 Å². The Morgan fingerprint density at radius 2 is 1.79 bits per heavy atom. The van der Waals surface area contributed by atoms with Crippen LogP contribution < -0.4 is 5.32 Å². The predicted molar refractivity (Wildman–Crippen MR) is 100 cm³/mol. The van der Waals surface area contributed by atoms with Crippen molar-refractivity contribution in [1.29, 1.82) is 0 Å². The molecule has 9 heteroatoms. The van der Waals surface area contributed by atoms with Gasteiger partial charge in [-0.1, -0.05) is 26.0 Å². The van der Waals surface area contributed by atoms with Crippen LogP contribution in [-0.2, 0) is 15.7 Å². The second-order valence-electron chi connectivity index (χ2n) is 6.70. The van der Waals surface area contributed by atoms with Gasteiger partial charge in [-0.15, -0.1) is 11.3 Å². The maximum Gasteiger partial charge on any atom is 0.416 e. The van der Waals surface area contributed by atoms with Crippen LogP contribution in [0.5, 0.6) is 0 Å². The fourth-order valence-corrected chi connectivity index (χ4v) is 3.18. The number of carbonyl (C=O) groups excluding carboxylic acids is 2. The molecule has 0 spiro atoms. The molecule has 1 amide bonds. The number of alkyl halides is 3. The van der Waals surface area contributed by atoms with Gasteiger partial charge in [0.25, 0.3) is 5.91 Å². The maximum atomic E-state index is 12.7. The third kappa shape index (κ3) is 5.54. The molecule has 0 aliphatic heterocycles. The van der Waals surface area contributed by atoms with Crippen molar-refractivity contribution in [3.05, 3.63) is 40.4 Å². The van der Waals surface area contributed by atoms with E-state index in [0.717, 1.165) is 23.5 Å². The van der Waals surface area contributed by atoms with E-state index in [2.05, 4.69) is 10.3 Å². The molecule has 1 aromatic carbocycles. The number of aryl methyl sites for hydroxylation is 1. The highest BCUT2D eigenvalue weighted by atomic mass is 32.1. The van der Waals surface area contributed by atoms with Crippen molar-refractivity contribution >= 4 is 23.2 Å². The van der Waals surface area contributed by atoms with Gasteiger partial charge >= 0.3 is 12.1 Å². The quantitative estimate of drug-likeness (QED) is 0.709. The molecule has 0 fully saturated rings. The van der Waals surface area contributed by atoms with Gasteiger partial charge in [-0.25, -0.2) is 9.78 Å². The SMILES string of the molecule is Cc1nc(-c2ccc(C(F)(F)F)cc2)sc1C(=O)OC(C)C(=O)NCC(C)C. The van der Waals surface area contributed by atoms with Gasteiger partial charge < -0.3 is 10.1 Å². The van der Waals surface area contributed by atoms with E-state index in [-0.39, 0.29) is 10.8 Å². The zero-order valence-corrected chi connectivity index (χ0v) is 16.7. The Kier molecular flexibility index (Phi) is 6.82. The van der Waals surface area contributed by atoms with E-state index < -0.39 is 29.7 Å². The summed E-state index contributed by atoms with van der Waals surface area (Å²) in [7, 11) is 0. The number of thiazole rings is 1. The highest BCUT2D eigenvalue weighted by Gasteiger charge is 2.30. The second-order valence-corrected chi connectivity index (χ2v) is 7.69. The number of amides is 1. The minimum absolute atomic E-state index is 0.207. The van der Waals surface area contributed by atoms with Gasteiger partial charge in [0.1, 0.15) is 9.88 Å². The van der Waals surface area contributed by atoms with Crippen LogP contribution in [0.4, 0.5) is 13.2 Å². The Morgan fingerprint density at radius 3 is 2.32 bits per heavy atom. The highest BCUT2D eigenvalue weighted by Crippen LogP contribution is 2.33. The van der Waals surface area contributed by atoms with E-state index in [1.54, 1.807) is 6.92 Å². The van der Waals surface area contributed by atoms with Crippen molar-refractivity contribution in [3.8, 4) is 10.6 Å². The fraction of sp³-hybridized carbons (Fsp3) is 0.421. The van der Waals surface area contributed by atoms with Crippen molar-refractivity contribution < 1.29 is 27.5 Å². The predicted octanol–water partition coefficient (Wildman–Crippen LogP) is 4.45. The van der Waals surface area contributed by atoms with Crippen LogP contribution in [0.1, 0.15) is 41.7 Å². The van der Waals surface area contributed by atoms with Crippen LogP contribution in [0, 0.1) is 12.8 Å². The minimum atomic E-state index is -4.42. The molecule has 1 unspecified atom stereocenters. The molecule has 1 atom stereocenters. The largest absolute Gasteiger partial charge is 0.448 e. The molecule has 1 heterocycles. The molecule has 0 aliphatic carbocycles. The van der Waals surface area contributed by atoms with Gasteiger partial charge in [-0.3, -0.25) is 4.79 Å². The molecule has 0 aliphatic rings. The average Bonchev–Trinajstić information content (AvgIpc) is 3.00. The molecule has 1 N–H and O–H groups in total. The Hall–Kier alpha value is -2.42. The Labute approximate surface area is 164 Å². The molecule has 0 radical (unpaired) electrons. The summed E-state index contributed by atoms with van der Waals surface area (Å²) >= 11 is 1.01. The highest BCUT2D eigenvalue weighted by molar-refractivity contribution is 7.17. The molecule has 2 aromatic rings. The first-order valence-electron chi connectivity index (χ1n) is 8.62. The fourth-order valence-electron chi connectivity index (χ4n) is 2.23. The lowest BCUT2D eigenvalue weighted by molar-refractivity contribution is -0.137. The van der Waals surface area contributed by atoms with Gasteiger partial charge in [0, 0.05) is 12.1 Å². The standard InChI is InChI=1S/C19H21F3N2O3S/c1-10(2)9-23-16(25)12(4)27-18(26)15-11(3)24-17(28-15)13-5-7-14(8-6-13)19(20,21)22/h5-8,10,12H,9H2,1-4H3,(H,23,25). The van der Waals surface area contributed by atoms with Gasteiger partial charge in [-0.05, 0) is 31.9 Å². The summed E-state index contributed by atoms with van der Waals surface area (Å²) < 4.78 is 43.2. The zero-order chi connectivity index (χ0) is 21.1. The maximum absolute atomic E-state index is 12.7. The number of hydrogen-bond donors (Lipinski definition) is 1. The number of aromatic nitrogens is 1. The molecule has 2 rings (SSSR count). The minimum Gasteiger partial charge on any atom is -0.448 e. The third-order valence-electron chi connectivity index (χ3n) is 3.78. The summed E-state index contributed by atoms with van der Waals surface area (Å²) in [6.45, 7) is 7.43. The Balaban J connectivity index is 2.11. The van der Waals surface area contributed by atoms with Crippen LogP contribution in [-0.4, -0.2) is 29.5 Å². The lowest BCUT2D eigenvalue weighted by Gasteiger charge is -2.14. The number of carbonyl (C=O) groups is 2. The molecule has 5 nitrogen and oxygen atoms in total. The molecule has 152 valence electrons. The normalized spacial score (nSPS) is 12.7.